The Balaban J connectivity index is 1.87. The Labute approximate surface area is 125 Å². The number of pyridine rings is 1. The molecule has 0 amide bonds. The molecule has 0 spiro atoms. The summed E-state index contributed by atoms with van der Waals surface area (Å²) in [6.07, 6.45) is 3.14. The molecule has 0 unspecified atom stereocenters. The van der Waals surface area contributed by atoms with Gasteiger partial charge in [-0.25, -0.2) is 4.98 Å². The van der Waals surface area contributed by atoms with Crippen LogP contribution in [0.1, 0.15) is 31.5 Å². The molecular formula is C17H23N3O. The Morgan fingerprint density at radius 3 is 2.67 bits per heavy atom. The zero-order valence-corrected chi connectivity index (χ0v) is 13.0. The largest absolute Gasteiger partial charge is 0.297 e. The summed E-state index contributed by atoms with van der Waals surface area (Å²) < 4.78 is 1.63. The van der Waals surface area contributed by atoms with Crippen LogP contribution in [0.4, 0.5) is 0 Å². The summed E-state index contributed by atoms with van der Waals surface area (Å²) >= 11 is 0. The van der Waals surface area contributed by atoms with E-state index >= 15 is 0 Å². The fourth-order valence-corrected chi connectivity index (χ4v) is 3.49. The third-order valence-electron chi connectivity index (χ3n) is 4.19. The second-order valence-electron chi connectivity index (χ2n) is 6.66. The fraction of sp³-hybridized carbons (Fsp3) is 0.529. The molecule has 0 aromatic carbocycles. The predicted molar refractivity (Wildman–Crippen MR) is 84.4 cm³/mol. The standard InChI is InChI=1S/C17H23N3O/c1-12-4-5-16-18-15(7-17(21)20(16)10-12)11-19-8-13(2)6-14(3)9-19/h4-5,7,10,13-14H,6,8-9,11H2,1-3H3/t13-,14+. The van der Waals surface area contributed by atoms with Crippen molar-refractivity contribution in [3.05, 3.63) is 46.0 Å². The lowest BCUT2D eigenvalue weighted by Gasteiger charge is -2.34. The monoisotopic (exact) mass is 285 g/mol. The molecule has 0 radical (unpaired) electrons. The normalized spacial score (nSPS) is 23.6. The number of hydrogen-bond donors (Lipinski definition) is 0. The van der Waals surface area contributed by atoms with E-state index in [0.29, 0.717) is 0 Å². The number of aromatic nitrogens is 2. The zero-order chi connectivity index (χ0) is 15.0. The first-order valence-electron chi connectivity index (χ1n) is 7.72. The Morgan fingerprint density at radius 2 is 1.95 bits per heavy atom. The molecule has 0 saturated carbocycles. The van der Waals surface area contributed by atoms with Crippen molar-refractivity contribution in [1.29, 1.82) is 0 Å². The van der Waals surface area contributed by atoms with Gasteiger partial charge in [0.1, 0.15) is 5.65 Å². The number of piperidine rings is 1. The van der Waals surface area contributed by atoms with Crippen molar-refractivity contribution >= 4 is 5.65 Å². The molecule has 0 aliphatic carbocycles. The highest BCUT2D eigenvalue weighted by molar-refractivity contribution is 5.39. The average molecular weight is 285 g/mol. The van der Waals surface area contributed by atoms with Crippen LogP contribution in [0.15, 0.2) is 29.2 Å². The average Bonchev–Trinajstić information content (AvgIpc) is 2.38. The lowest BCUT2D eigenvalue weighted by atomic mass is 9.92. The molecule has 2 aromatic rings. The molecule has 3 rings (SSSR count). The van der Waals surface area contributed by atoms with Crippen molar-refractivity contribution in [3.63, 3.8) is 0 Å². The summed E-state index contributed by atoms with van der Waals surface area (Å²) in [4.78, 5) is 19.3. The third kappa shape index (κ3) is 3.16. The molecule has 1 aliphatic rings. The fourth-order valence-electron chi connectivity index (χ4n) is 3.49. The summed E-state index contributed by atoms with van der Waals surface area (Å²) in [5, 5.41) is 0. The predicted octanol–water partition coefficient (Wildman–Crippen LogP) is 2.48. The van der Waals surface area contributed by atoms with E-state index in [1.807, 2.05) is 25.3 Å². The van der Waals surface area contributed by atoms with Crippen molar-refractivity contribution in [2.45, 2.75) is 33.7 Å². The van der Waals surface area contributed by atoms with Crippen LogP contribution < -0.4 is 5.56 Å². The van der Waals surface area contributed by atoms with Crippen LogP contribution in [-0.4, -0.2) is 27.4 Å². The van der Waals surface area contributed by atoms with Gasteiger partial charge in [0.25, 0.3) is 5.56 Å². The van der Waals surface area contributed by atoms with E-state index in [1.54, 1.807) is 10.5 Å². The molecule has 1 aliphatic heterocycles. The van der Waals surface area contributed by atoms with Crippen molar-refractivity contribution < 1.29 is 0 Å². The highest BCUT2D eigenvalue weighted by atomic mass is 16.1. The maximum atomic E-state index is 12.2. The van der Waals surface area contributed by atoms with Gasteiger partial charge < -0.3 is 0 Å². The van der Waals surface area contributed by atoms with Gasteiger partial charge in [0.05, 0.1) is 5.69 Å². The summed E-state index contributed by atoms with van der Waals surface area (Å²) in [5.74, 6) is 1.44. The van der Waals surface area contributed by atoms with Gasteiger partial charge in [-0.3, -0.25) is 14.1 Å². The first-order chi connectivity index (χ1) is 10.0. The lowest BCUT2D eigenvalue weighted by molar-refractivity contribution is 0.133. The molecular weight excluding hydrogens is 262 g/mol. The molecule has 2 atom stereocenters. The maximum absolute atomic E-state index is 12.2. The summed E-state index contributed by atoms with van der Waals surface area (Å²) in [6, 6.07) is 5.59. The molecule has 0 N–H and O–H groups in total. The highest BCUT2D eigenvalue weighted by Gasteiger charge is 2.22. The molecule has 21 heavy (non-hydrogen) atoms. The Morgan fingerprint density at radius 1 is 1.24 bits per heavy atom. The van der Waals surface area contributed by atoms with Crippen molar-refractivity contribution in [3.8, 4) is 0 Å². The maximum Gasteiger partial charge on any atom is 0.258 e. The van der Waals surface area contributed by atoms with Crippen LogP contribution >= 0.6 is 0 Å². The highest BCUT2D eigenvalue weighted by Crippen LogP contribution is 2.22. The van der Waals surface area contributed by atoms with Gasteiger partial charge in [0, 0.05) is 31.9 Å². The first kappa shape index (κ1) is 14.3. The summed E-state index contributed by atoms with van der Waals surface area (Å²) in [5.41, 5.74) is 2.70. The van der Waals surface area contributed by atoms with Crippen LogP contribution in [0, 0.1) is 18.8 Å². The summed E-state index contributed by atoms with van der Waals surface area (Å²) in [6.45, 7) is 9.55. The van der Waals surface area contributed by atoms with E-state index in [2.05, 4.69) is 23.7 Å². The van der Waals surface area contributed by atoms with Gasteiger partial charge in [-0.2, -0.15) is 0 Å². The van der Waals surface area contributed by atoms with Gasteiger partial charge in [0.15, 0.2) is 0 Å². The molecule has 2 aromatic heterocycles. The number of aryl methyl sites for hydroxylation is 1. The number of hydrogen-bond acceptors (Lipinski definition) is 3. The molecule has 1 saturated heterocycles. The van der Waals surface area contributed by atoms with E-state index in [0.717, 1.165) is 48.4 Å². The molecule has 1 fully saturated rings. The molecule has 3 heterocycles. The van der Waals surface area contributed by atoms with Crippen LogP contribution in [0.25, 0.3) is 5.65 Å². The summed E-state index contributed by atoms with van der Waals surface area (Å²) in [7, 11) is 0. The molecule has 112 valence electrons. The quantitative estimate of drug-likeness (QED) is 0.850. The molecule has 4 heteroatoms. The smallest absolute Gasteiger partial charge is 0.258 e. The molecule has 4 nitrogen and oxygen atoms in total. The Bertz CT molecular complexity index is 697. The van der Waals surface area contributed by atoms with Gasteiger partial charge in [-0.05, 0) is 36.8 Å². The van der Waals surface area contributed by atoms with Gasteiger partial charge in [-0.15, -0.1) is 0 Å². The van der Waals surface area contributed by atoms with Gasteiger partial charge in [0.2, 0.25) is 0 Å². The van der Waals surface area contributed by atoms with Gasteiger partial charge in [-0.1, -0.05) is 19.9 Å². The number of fused-ring (bicyclic) bond motifs is 1. The topological polar surface area (TPSA) is 37.6 Å². The minimum Gasteiger partial charge on any atom is -0.297 e. The van der Waals surface area contributed by atoms with Crippen LogP contribution in [0.5, 0.6) is 0 Å². The second kappa shape index (κ2) is 5.60. The van der Waals surface area contributed by atoms with Gasteiger partial charge >= 0.3 is 0 Å². The lowest BCUT2D eigenvalue weighted by Crippen LogP contribution is -2.38. The first-order valence-corrected chi connectivity index (χ1v) is 7.72. The van der Waals surface area contributed by atoms with E-state index < -0.39 is 0 Å². The third-order valence-corrected chi connectivity index (χ3v) is 4.19. The van der Waals surface area contributed by atoms with E-state index in [1.165, 1.54) is 6.42 Å². The number of rotatable bonds is 2. The van der Waals surface area contributed by atoms with Crippen LogP contribution in [0.3, 0.4) is 0 Å². The minimum atomic E-state index is 0.0109. The van der Waals surface area contributed by atoms with Crippen molar-refractivity contribution in [2.75, 3.05) is 13.1 Å². The van der Waals surface area contributed by atoms with Crippen LogP contribution in [0.2, 0.25) is 0 Å². The Hall–Kier alpha value is -1.68. The van der Waals surface area contributed by atoms with Crippen molar-refractivity contribution in [2.24, 2.45) is 11.8 Å². The number of likely N-dealkylation sites (tertiary alicyclic amines) is 1. The SMILES string of the molecule is Cc1ccc2nc(CN3C[C@H](C)C[C@H](C)C3)cc(=O)n2c1. The minimum absolute atomic E-state index is 0.0109. The van der Waals surface area contributed by atoms with Crippen LogP contribution in [-0.2, 0) is 6.54 Å². The zero-order valence-electron chi connectivity index (χ0n) is 13.0. The second-order valence-corrected chi connectivity index (χ2v) is 6.66. The number of nitrogens with zero attached hydrogens (tertiary/aromatic N) is 3. The van der Waals surface area contributed by atoms with E-state index in [4.69, 9.17) is 0 Å². The van der Waals surface area contributed by atoms with Crippen molar-refractivity contribution in [1.82, 2.24) is 14.3 Å². The molecule has 0 bridgehead atoms. The van der Waals surface area contributed by atoms with E-state index in [9.17, 15) is 4.79 Å². The van der Waals surface area contributed by atoms with E-state index in [-0.39, 0.29) is 5.56 Å². The Kier molecular flexibility index (Phi) is 3.81.